The van der Waals surface area contributed by atoms with Gasteiger partial charge in [-0.25, -0.2) is 19.8 Å². The number of amides is 1. The van der Waals surface area contributed by atoms with Crippen molar-refractivity contribution in [2.45, 2.75) is 26.4 Å². The number of hydrazine groups is 1. The van der Waals surface area contributed by atoms with Crippen molar-refractivity contribution < 1.29 is 19.1 Å². The third-order valence-electron chi connectivity index (χ3n) is 5.21. The van der Waals surface area contributed by atoms with E-state index in [1.807, 2.05) is 0 Å². The molecule has 0 aliphatic carbocycles. The van der Waals surface area contributed by atoms with Gasteiger partial charge in [0, 0.05) is 34.3 Å². The van der Waals surface area contributed by atoms with Crippen molar-refractivity contribution in [3.8, 4) is 22.5 Å². The fourth-order valence-electron chi connectivity index (χ4n) is 3.55. The lowest BCUT2D eigenvalue weighted by Gasteiger charge is -2.27. The fourth-order valence-corrected chi connectivity index (χ4v) is 3.80. The molecule has 10 heteroatoms. The molecular weight excluding hydrogens is 503 g/mol. The summed E-state index contributed by atoms with van der Waals surface area (Å²) < 4.78 is 10.9. The number of benzene rings is 2. The highest BCUT2D eigenvalue weighted by atomic mass is 35.5. The van der Waals surface area contributed by atoms with Gasteiger partial charge in [-0.05, 0) is 45.0 Å². The SMILES string of the molecule is CC(C)(C)OC(=O)c1nc(-c2ccc(Cl)cc2)c(-c2ccc(Cl)cc2)nc1C(=O)NN1CCOCC1. The van der Waals surface area contributed by atoms with E-state index in [1.165, 1.54) is 0 Å². The van der Waals surface area contributed by atoms with E-state index >= 15 is 0 Å². The first-order chi connectivity index (χ1) is 17.1. The molecule has 1 aliphatic heterocycles. The van der Waals surface area contributed by atoms with Crippen molar-refractivity contribution in [1.82, 2.24) is 20.4 Å². The summed E-state index contributed by atoms with van der Waals surface area (Å²) in [6, 6.07) is 14.0. The van der Waals surface area contributed by atoms with E-state index in [2.05, 4.69) is 15.4 Å². The van der Waals surface area contributed by atoms with Crippen LogP contribution in [-0.2, 0) is 9.47 Å². The molecule has 188 valence electrons. The van der Waals surface area contributed by atoms with Crippen molar-refractivity contribution >= 4 is 35.1 Å². The van der Waals surface area contributed by atoms with Crippen molar-refractivity contribution in [3.63, 3.8) is 0 Å². The number of rotatable bonds is 5. The van der Waals surface area contributed by atoms with E-state index in [-0.39, 0.29) is 11.4 Å². The number of carbonyl (C=O) groups excluding carboxylic acids is 2. The molecule has 0 atom stereocenters. The number of ether oxygens (including phenoxy) is 2. The maximum atomic E-state index is 13.4. The number of halogens is 2. The summed E-state index contributed by atoms with van der Waals surface area (Å²) in [5, 5.41) is 2.82. The highest BCUT2D eigenvalue weighted by Crippen LogP contribution is 2.32. The second kappa shape index (κ2) is 10.9. The fraction of sp³-hybridized carbons (Fsp3) is 0.308. The van der Waals surface area contributed by atoms with Gasteiger partial charge in [0.05, 0.1) is 24.6 Å². The molecule has 0 radical (unpaired) electrons. The lowest BCUT2D eigenvalue weighted by atomic mass is 10.0. The van der Waals surface area contributed by atoms with Gasteiger partial charge in [0.25, 0.3) is 5.91 Å². The zero-order chi connectivity index (χ0) is 25.9. The summed E-state index contributed by atoms with van der Waals surface area (Å²) in [5.41, 5.74) is 3.84. The summed E-state index contributed by atoms with van der Waals surface area (Å²) in [4.78, 5) is 36.0. The van der Waals surface area contributed by atoms with Crippen molar-refractivity contribution in [2.24, 2.45) is 0 Å². The molecule has 2 aromatic carbocycles. The van der Waals surface area contributed by atoms with Crippen LogP contribution in [0.2, 0.25) is 10.0 Å². The molecule has 1 amide bonds. The normalized spacial score (nSPS) is 14.4. The topological polar surface area (TPSA) is 93.7 Å². The van der Waals surface area contributed by atoms with Crippen LogP contribution in [0.5, 0.6) is 0 Å². The molecule has 1 saturated heterocycles. The van der Waals surface area contributed by atoms with Gasteiger partial charge in [0.15, 0.2) is 11.4 Å². The Kier molecular flexibility index (Phi) is 7.90. The highest BCUT2D eigenvalue weighted by Gasteiger charge is 2.30. The van der Waals surface area contributed by atoms with Crippen LogP contribution in [0.25, 0.3) is 22.5 Å². The largest absolute Gasteiger partial charge is 0.455 e. The minimum atomic E-state index is -0.800. The summed E-state index contributed by atoms with van der Waals surface area (Å²) in [6.45, 7) is 7.21. The van der Waals surface area contributed by atoms with Crippen molar-refractivity contribution in [3.05, 3.63) is 70.0 Å². The number of aromatic nitrogens is 2. The Hall–Kier alpha value is -3.04. The molecule has 8 nitrogen and oxygen atoms in total. The lowest BCUT2D eigenvalue weighted by Crippen LogP contribution is -2.49. The van der Waals surface area contributed by atoms with Gasteiger partial charge in [-0.2, -0.15) is 0 Å². The number of esters is 1. The molecule has 0 unspecified atom stereocenters. The molecule has 36 heavy (non-hydrogen) atoms. The van der Waals surface area contributed by atoms with E-state index in [4.69, 9.17) is 32.7 Å². The Morgan fingerprint density at radius 2 is 1.33 bits per heavy atom. The summed E-state index contributed by atoms with van der Waals surface area (Å²) in [6.07, 6.45) is 0. The number of morpholine rings is 1. The summed E-state index contributed by atoms with van der Waals surface area (Å²) in [7, 11) is 0. The molecule has 1 fully saturated rings. The number of hydrogen-bond acceptors (Lipinski definition) is 7. The maximum Gasteiger partial charge on any atom is 0.359 e. The third-order valence-corrected chi connectivity index (χ3v) is 5.71. The zero-order valence-electron chi connectivity index (χ0n) is 20.2. The summed E-state index contributed by atoms with van der Waals surface area (Å²) >= 11 is 12.2. The molecule has 0 spiro atoms. The molecular formula is C26H26Cl2N4O4. The molecule has 3 aromatic rings. The minimum absolute atomic E-state index is 0.140. The lowest BCUT2D eigenvalue weighted by molar-refractivity contribution is 0.00512. The average molecular weight is 529 g/mol. The minimum Gasteiger partial charge on any atom is -0.455 e. The first-order valence-corrected chi connectivity index (χ1v) is 12.2. The molecule has 1 aromatic heterocycles. The molecule has 4 rings (SSSR count). The smallest absolute Gasteiger partial charge is 0.359 e. The Bertz CT molecular complexity index is 1250. The predicted molar refractivity (Wildman–Crippen MR) is 138 cm³/mol. The van der Waals surface area contributed by atoms with Gasteiger partial charge < -0.3 is 9.47 Å². The number of nitrogens with zero attached hydrogens (tertiary/aromatic N) is 3. The molecule has 0 bridgehead atoms. The van der Waals surface area contributed by atoms with Crippen molar-refractivity contribution in [1.29, 1.82) is 0 Å². The Morgan fingerprint density at radius 3 is 1.81 bits per heavy atom. The van der Waals surface area contributed by atoms with E-state index in [1.54, 1.807) is 74.3 Å². The van der Waals surface area contributed by atoms with Crippen LogP contribution >= 0.6 is 23.2 Å². The first-order valence-electron chi connectivity index (χ1n) is 11.4. The number of nitrogens with one attached hydrogen (secondary N) is 1. The van der Waals surface area contributed by atoms with E-state index in [0.29, 0.717) is 58.9 Å². The van der Waals surface area contributed by atoms with Gasteiger partial charge in [0.1, 0.15) is 5.60 Å². The van der Waals surface area contributed by atoms with Crippen LogP contribution in [0.15, 0.2) is 48.5 Å². The van der Waals surface area contributed by atoms with E-state index in [0.717, 1.165) is 0 Å². The molecule has 2 heterocycles. The molecule has 1 N–H and O–H groups in total. The second-order valence-electron chi connectivity index (χ2n) is 9.17. The predicted octanol–water partition coefficient (Wildman–Crippen LogP) is 5.05. The van der Waals surface area contributed by atoms with Gasteiger partial charge in [-0.15, -0.1) is 0 Å². The zero-order valence-corrected chi connectivity index (χ0v) is 21.7. The number of hydrogen-bond donors (Lipinski definition) is 1. The maximum absolute atomic E-state index is 13.4. The standard InChI is InChI=1S/C26H26Cl2N4O4/c1-26(2,3)36-25(34)23-22(24(33)31-32-12-14-35-15-13-32)29-20(16-4-8-18(27)9-5-16)21(30-23)17-6-10-19(28)11-7-17/h4-11H,12-15H2,1-3H3,(H,31,33). The van der Waals surface area contributed by atoms with Gasteiger partial charge >= 0.3 is 5.97 Å². The van der Waals surface area contributed by atoms with Crippen LogP contribution in [0.1, 0.15) is 41.7 Å². The second-order valence-corrected chi connectivity index (χ2v) is 10.0. The highest BCUT2D eigenvalue weighted by molar-refractivity contribution is 6.31. The Morgan fingerprint density at radius 1 is 0.861 bits per heavy atom. The Balaban J connectivity index is 1.88. The molecule has 1 aliphatic rings. The average Bonchev–Trinajstić information content (AvgIpc) is 2.84. The van der Waals surface area contributed by atoms with Crippen LogP contribution in [0.4, 0.5) is 0 Å². The van der Waals surface area contributed by atoms with Crippen molar-refractivity contribution in [2.75, 3.05) is 26.3 Å². The summed E-state index contributed by atoms with van der Waals surface area (Å²) in [5.74, 6) is -1.32. The Labute approximate surface area is 219 Å². The third kappa shape index (κ3) is 6.39. The quantitative estimate of drug-likeness (QED) is 0.463. The van der Waals surface area contributed by atoms with E-state index in [9.17, 15) is 9.59 Å². The first kappa shape index (κ1) is 26.0. The monoisotopic (exact) mass is 528 g/mol. The van der Waals surface area contributed by atoms with Crippen LogP contribution in [0.3, 0.4) is 0 Å². The van der Waals surface area contributed by atoms with Gasteiger partial charge in [-0.1, -0.05) is 47.5 Å². The van der Waals surface area contributed by atoms with Crippen LogP contribution in [-0.4, -0.2) is 58.8 Å². The van der Waals surface area contributed by atoms with Crippen LogP contribution < -0.4 is 5.43 Å². The van der Waals surface area contributed by atoms with E-state index < -0.39 is 17.5 Å². The van der Waals surface area contributed by atoms with Gasteiger partial charge in [-0.3, -0.25) is 10.2 Å². The van der Waals surface area contributed by atoms with Crippen LogP contribution in [0, 0.1) is 0 Å². The molecule has 0 saturated carbocycles. The number of carbonyl (C=O) groups is 2. The van der Waals surface area contributed by atoms with Gasteiger partial charge in [0.2, 0.25) is 0 Å².